The quantitative estimate of drug-likeness (QED) is 0.856. The number of hydrogen-bond donors (Lipinski definition) is 1. The number of furan rings is 1. The van der Waals surface area contributed by atoms with Crippen LogP contribution in [0.25, 0.3) is 0 Å². The van der Waals surface area contributed by atoms with Crippen LogP contribution in [0.5, 0.6) is 0 Å². The molecule has 1 aromatic carbocycles. The van der Waals surface area contributed by atoms with Gasteiger partial charge in [-0.25, -0.2) is 0 Å². The first-order chi connectivity index (χ1) is 7.66. The number of halogens is 2. The summed E-state index contributed by atoms with van der Waals surface area (Å²) in [4.78, 5) is 0. The summed E-state index contributed by atoms with van der Waals surface area (Å²) in [5, 5.41) is 4.48. The molecule has 0 aliphatic carbocycles. The fourth-order valence-electron chi connectivity index (χ4n) is 1.45. The maximum Gasteiger partial charge on any atom is 0.125 e. The average Bonchev–Trinajstić information content (AvgIpc) is 2.75. The smallest absolute Gasteiger partial charge is 0.125 e. The molecule has 0 saturated carbocycles. The molecule has 0 saturated heterocycles. The molecule has 0 aliphatic rings. The fraction of sp³-hybridized carbons (Fsp3) is 0.167. The summed E-state index contributed by atoms with van der Waals surface area (Å²) in [5.41, 5.74) is 0.843. The SMILES string of the molecule is CC(Nc1ccc(Cl)cc1Cl)c1ccco1. The molecule has 0 spiro atoms. The van der Waals surface area contributed by atoms with Crippen molar-refractivity contribution in [3.63, 3.8) is 0 Å². The van der Waals surface area contributed by atoms with Gasteiger partial charge in [0.2, 0.25) is 0 Å². The minimum absolute atomic E-state index is 0.0636. The highest BCUT2D eigenvalue weighted by Crippen LogP contribution is 2.28. The molecule has 1 N–H and O–H groups in total. The summed E-state index contributed by atoms with van der Waals surface area (Å²) in [6.45, 7) is 2.00. The van der Waals surface area contributed by atoms with Crippen molar-refractivity contribution in [2.24, 2.45) is 0 Å². The average molecular weight is 256 g/mol. The van der Waals surface area contributed by atoms with E-state index in [2.05, 4.69) is 5.32 Å². The molecule has 1 unspecified atom stereocenters. The Labute approximate surface area is 104 Å². The maximum absolute atomic E-state index is 6.06. The topological polar surface area (TPSA) is 25.2 Å². The van der Waals surface area contributed by atoms with Crippen LogP contribution in [0.1, 0.15) is 18.7 Å². The second kappa shape index (κ2) is 4.81. The standard InChI is InChI=1S/C12H11Cl2NO/c1-8(12-3-2-6-16-12)15-11-5-4-9(13)7-10(11)14/h2-8,15H,1H3. The van der Waals surface area contributed by atoms with Gasteiger partial charge in [0.25, 0.3) is 0 Å². The van der Waals surface area contributed by atoms with E-state index in [1.54, 1.807) is 18.4 Å². The van der Waals surface area contributed by atoms with Gasteiger partial charge in [-0.3, -0.25) is 0 Å². The molecule has 0 aliphatic heterocycles. The largest absolute Gasteiger partial charge is 0.467 e. The van der Waals surface area contributed by atoms with E-state index in [1.807, 2.05) is 25.1 Å². The molecule has 0 bridgehead atoms. The number of hydrogen-bond acceptors (Lipinski definition) is 2. The zero-order valence-corrected chi connectivity index (χ0v) is 10.2. The minimum atomic E-state index is 0.0636. The summed E-state index contributed by atoms with van der Waals surface area (Å²) < 4.78 is 5.30. The van der Waals surface area contributed by atoms with E-state index in [1.165, 1.54) is 0 Å². The van der Waals surface area contributed by atoms with E-state index in [-0.39, 0.29) is 6.04 Å². The van der Waals surface area contributed by atoms with Gasteiger partial charge in [0.15, 0.2) is 0 Å². The zero-order chi connectivity index (χ0) is 11.5. The van der Waals surface area contributed by atoms with Crippen LogP contribution in [-0.4, -0.2) is 0 Å². The predicted octanol–water partition coefficient (Wildman–Crippen LogP) is 4.76. The first-order valence-corrected chi connectivity index (χ1v) is 5.67. The van der Waals surface area contributed by atoms with Crippen molar-refractivity contribution < 1.29 is 4.42 Å². The van der Waals surface area contributed by atoms with Crippen molar-refractivity contribution in [2.75, 3.05) is 5.32 Å². The van der Waals surface area contributed by atoms with E-state index >= 15 is 0 Å². The third-order valence-corrected chi connectivity index (χ3v) is 2.82. The van der Waals surface area contributed by atoms with Crippen molar-refractivity contribution in [3.8, 4) is 0 Å². The van der Waals surface area contributed by atoms with Crippen LogP contribution in [0.4, 0.5) is 5.69 Å². The first kappa shape index (κ1) is 11.4. The van der Waals surface area contributed by atoms with Gasteiger partial charge in [-0.05, 0) is 37.3 Å². The Morgan fingerprint density at radius 2 is 2.06 bits per heavy atom. The van der Waals surface area contributed by atoms with E-state index in [0.717, 1.165) is 11.4 Å². The molecule has 16 heavy (non-hydrogen) atoms. The number of anilines is 1. The Hall–Kier alpha value is -1.12. The fourth-order valence-corrected chi connectivity index (χ4v) is 1.91. The van der Waals surface area contributed by atoms with Crippen molar-refractivity contribution in [2.45, 2.75) is 13.0 Å². The molecule has 0 fully saturated rings. The number of nitrogens with one attached hydrogen (secondary N) is 1. The molecule has 84 valence electrons. The van der Waals surface area contributed by atoms with Crippen LogP contribution in [0.2, 0.25) is 10.0 Å². The lowest BCUT2D eigenvalue weighted by molar-refractivity contribution is 0.490. The summed E-state index contributed by atoms with van der Waals surface area (Å²) in [5.74, 6) is 0.867. The van der Waals surface area contributed by atoms with E-state index in [0.29, 0.717) is 10.0 Å². The Morgan fingerprint density at radius 3 is 2.69 bits per heavy atom. The van der Waals surface area contributed by atoms with Gasteiger partial charge in [0, 0.05) is 5.02 Å². The normalized spacial score (nSPS) is 12.4. The van der Waals surface area contributed by atoms with E-state index in [4.69, 9.17) is 27.6 Å². The lowest BCUT2D eigenvalue weighted by atomic mass is 10.2. The molecular formula is C12H11Cl2NO. The molecule has 2 aromatic rings. The molecule has 1 heterocycles. The third kappa shape index (κ3) is 2.52. The Morgan fingerprint density at radius 1 is 1.25 bits per heavy atom. The highest BCUT2D eigenvalue weighted by atomic mass is 35.5. The molecule has 0 radical (unpaired) electrons. The summed E-state index contributed by atoms with van der Waals surface area (Å²) in [6, 6.07) is 9.20. The van der Waals surface area contributed by atoms with Crippen LogP contribution in [0, 0.1) is 0 Å². The summed E-state index contributed by atoms with van der Waals surface area (Å²) >= 11 is 11.9. The lowest BCUT2D eigenvalue weighted by Gasteiger charge is -2.14. The lowest BCUT2D eigenvalue weighted by Crippen LogP contribution is -2.05. The van der Waals surface area contributed by atoms with Gasteiger partial charge in [-0.2, -0.15) is 0 Å². The molecule has 0 amide bonds. The van der Waals surface area contributed by atoms with Gasteiger partial charge in [0.1, 0.15) is 5.76 Å². The van der Waals surface area contributed by atoms with Gasteiger partial charge in [-0.15, -0.1) is 0 Å². The minimum Gasteiger partial charge on any atom is -0.467 e. The van der Waals surface area contributed by atoms with Crippen LogP contribution < -0.4 is 5.32 Å². The third-order valence-electron chi connectivity index (χ3n) is 2.27. The predicted molar refractivity (Wildman–Crippen MR) is 67.2 cm³/mol. The van der Waals surface area contributed by atoms with Crippen LogP contribution in [0.3, 0.4) is 0 Å². The summed E-state index contributed by atoms with van der Waals surface area (Å²) in [6.07, 6.45) is 1.65. The summed E-state index contributed by atoms with van der Waals surface area (Å²) in [7, 11) is 0. The number of rotatable bonds is 3. The monoisotopic (exact) mass is 255 g/mol. The second-order valence-electron chi connectivity index (χ2n) is 3.51. The highest BCUT2D eigenvalue weighted by Gasteiger charge is 2.09. The molecule has 4 heteroatoms. The molecule has 1 atom stereocenters. The van der Waals surface area contributed by atoms with E-state index < -0.39 is 0 Å². The molecule has 1 aromatic heterocycles. The van der Waals surface area contributed by atoms with Gasteiger partial charge in [-0.1, -0.05) is 23.2 Å². The first-order valence-electron chi connectivity index (χ1n) is 4.92. The van der Waals surface area contributed by atoms with Gasteiger partial charge < -0.3 is 9.73 Å². The van der Waals surface area contributed by atoms with Gasteiger partial charge in [0.05, 0.1) is 23.0 Å². The van der Waals surface area contributed by atoms with Crippen molar-refractivity contribution in [3.05, 3.63) is 52.4 Å². The van der Waals surface area contributed by atoms with Crippen molar-refractivity contribution in [1.82, 2.24) is 0 Å². The van der Waals surface area contributed by atoms with Crippen LogP contribution in [0.15, 0.2) is 41.0 Å². The van der Waals surface area contributed by atoms with Gasteiger partial charge >= 0.3 is 0 Å². The molecule has 2 nitrogen and oxygen atoms in total. The highest BCUT2D eigenvalue weighted by molar-refractivity contribution is 6.36. The second-order valence-corrected chi connectivity index (χ2v) is 4.35. The van der Waals surface area contributed by atoms with Crippen LogP contribution in [-0.2, 0) is 0 Å². The Bertz CT molecular complexity index is 468. The maximum atomic E-state index is 6.06. The number of benzene rings is 1. The zero-order valence-electron chi connectivity index (χ0n) is 8.71. The van der Waals surface area contributed by atoms with E-state index in [9.17, 15) is 0 Å². The Balaban J connectivity index is 2.15. The van der Waals surface area contributed by atoms with Crippen molar-refractivity contribution >= 4 is 28.9 Å². The Kier molecular flexibility index (Phi) is 3.42. The molecule has 2 rings (SSSR count). The molecular weight excluding hydrogens is 245 g/mol. The van der Waals surface area contributed by atoms with Crippen molar-refractivity contribution in [1.29, 1.82) is 0 Å². The van der Waals surface area contributed by atoms with Crippen LogP contribution >= 0.6 is 23.2 Å².